The first-order valence-electron chi connectivity index (χ1n) is 6.75. The monoisotopic (exact) mass is 246 g/mol. The van der Waals surface area contributed by atoms with E-state index in [0.717, 1.165) is 24.2 Å². The molecule has 18 heavy (non-hydrogen) atoms. The standard InChI is InChI=1S/C15H22N2O/c1-11-6-5-8-13(11)15(18)17-14-9-4-3-7-12(14)10-16-2/h3-4,7,9,11,13,16H,5-6,8,10H2,1-2H3,(H,17,18). The van der Waals surface area contributed by atoms with E-state index in [4.69, 9.17) is 0 Å². The summed E-state index contributed by atoms with van der Waals surface area (Å²) in [5, 5.41) is 6.21. The summed E-state index contributed by atoms with van der Waals surface area (Å²) in [4.78, 5) is 12.3. The van der Waals surface area contributed by atoms with Gasteiger partial charge in [-0.25, -0.2) is 0 Å². The zero-order valence-electron chi connectivity index (χ0n) is 11.2. The van der Waals surface area contributed by atoms with Crippen molar-refractivity contribution in [2.75, 3.05) is 12.4 Å². The number of carbonyl (C=O) groups excluding carboxylic acids is 1. The highest BCUT2D eigenvalue weighted by molar-refractivity contribution is 5.93. The summed E-state index contributed by atoms with van der Waals surface area (Å²) in [5.74, 6) is 0.887. The van der Waals surface area contributed by atoms with Crippen molar-refractivity contribution in [1.82, 2.24) is 5.32 Å². The third-order valence-corrected chi connectivity index (χ3v) is 3.84. The average molecular weight is 246 g/mol. The first-order chi connectivity index (χ1) is 8.72. The first-order valence-corrected chi connectivity index (χ1v) is 6.75. The zero-order chi connectivity index (χ0) is 13.0. The number of benzene rings is 1. The van der Waals surface area contributed by atoms with E-state index in [1.54, 1.807) is 0 Å². The molecule has 0 saturated heterocycles. The van der Waals surface area contributed by atoms with E-state index >= 15 is 0 Å². The van der Waals surface area contributed by atoms with Gasteiger partial charge in [-0.1, -0.05) is 31.5 Å². The number of anilines is 1. The van der Waals surface area contributed by atoms with Crippen molar-refractivity contribution < 1.29 is 4.79 Å². The minimum Gasteiger partial charge on any atom is -0.326 e. The Balaban J connectivity index is 2.06. The molecule has 0 bridgehead atoms. The van der Waals surface area contributed by atoms with Crippen molar-refractivity contribution in [3.8, 4) is 0 Å². The molecule has 1 aliphatic rings. The molecule has 2 rings (SSSR count). The fourth-order valence-corrected chi connectivity index (χ4v) is 2.75. The lowest BCUT2D eigenvalue weighted by atomic mass is 9.97. The van der Waals surface area contributed by atoms with Crippen LogP contribution in [-0.4, -0.2) is 13.0 Å². The van der Waals surface area contributed by atoms with E-state index in [-0.39, 0.29) is 11.8 Å². The van der Waals surface area contributed by atoms with Gasteiger partial charge < -0.3 is 10.6 Å². The number of rotatable bonds is 4. The lowest BCUT2D eigenvalue weighted by molar-refractivity contribution is -0.120. The van der Waals surface area contributed by atoms with Crippen LogP contribution in [0.2, 0.25) is 0 Å². The minimum absolute atomic E-state index is 0.184. The van der Waals surface area contributed by atoms with E-state index < -0.39 is 0 Å². The van der Waals surface area contributed by atoms with Gasteiger partial charge in [-0.3, -0.25) is 4.79 Å². The van der Waals surface area contributed by atoms with Gasteiger partial charge in [0, 0.05) is 18.2 Å². The molecule has 3 heteroatoms. The Morgan fingerprint density at radius 1 is 1.33 bits per heavy atom. The van der Waals surface area contributed by atoms with Crippen LogP contribution in [0.4, 0.5) is 5.69 Å². The van der Waals surface area contributed by atoms with Crippen LogP contribution in [0.3, 0.4) is 0 Å². The Labute approximate surface area is 109 Å². The molecule has 1 amide bonds. The maximum Gasteiger partial charge on any atom is 0.227 e. The quantitative estimate of drug-likeness (QED) is 0.857. The third kappa shape index (κ3) is 2.91. The molecule has 0 aromatic heterocycles. The summed E-state index contributed by atoms with van der Waals surface area (Å²) in [5.41, 5.74) is 2.08. The van der Waals surface area contributed by atoms with Crippen molar-refractivity contribution in [2.24, 2.45) is 11.8 Å². The topological polar surface area (TPSA) is 41.1 Å². The van der Waals surface area contributed by atoms with Gasteiger partial charge >= 0.3 is 0 Å². The SMILES string of the molecule is CNCc1ccccc1NC(=O)C1CCCC1C. The van der Waals surface area contributed by atoms with Crippen LogP contribution in [0.25, 0.3) is 0 Å². The third-order valence-electron chi connectivity index (χ3n) is 3.84. The predicted octanol–water partition coefficient (Wildman–Crippen LogP) is 2.78. The molecule has 1 aliphatic carbocycles. The van der Waals surface area contributed by atoms with Gasteiger partial charge in [-0.05, 0) is 37.4 Å². The number of hydrogen-bond donors (Lipinski definition) is 2. The summed E-state index contributed by atoms with van der Waals surface area (Å²) < 4.78 is 0. The van der Waals surface area contributed by atoms with Crippen molar-refractivity contribution in [3.05, 3.63) is 29.8 Å². The Kier molecular flexibility index (Phi) is 4.37. The van der Waals surface area contributed by atoms with Crippen molar-refractivity contribution in [3.63, 3.8) is 0 Å². The molecule has 3 nitrogen and oxygen atoms in total. The van der Waals surface area contributed by atoms with Gasteiger partial charge in [0.05, 0.1) is 0 Å². The normalized spacial score (nSPS) is 23.0. The molecule has 1 fully saturated rings. The first kappa shape index (κ1) is 13.1. The van der Waals surface area contributed by atoms with Crippen LogP contribution in [0.15, 0.2) is 24.3 Å². The van der Waals surface area contributed by atoms with Crippen molar-refractivity contribution in [1.29, 1.82) is 0 Å². The molecule has 1 aromatic rings. The molecule has 98 valence electrons. The van der Waals surface area contributed by atoms with Gasteiger partial charge in [-0.2, -0.15) is 0 Å². The largest absolute Gasteiger partial charge is 0.326 e. The number of nitrogens with one attached hydrogen (secondary N) is 2. The smallest absolute Gasteiger partial charge is 0.227 e. The summed E-state index contributed by atoms with van der Waals surface area (Å²) in [6.07, 6.45) is 3.38. The number of hydrogen-bond acceptors (Lipinski definition) is 2. The Morgan fingerprint density at radius 2 is 2.11 bits per heavy atom. The van der Waals surface area contributed by atoms with Crippen LogP contribution in [0, 0.1) is 11.8 Å². The Morgan fingerprint density at radius 3 is 2.78 bits per heavy atom. The number of carbonyl (C=O) groups is 1. The maximum absolute atomic E-state index is 12.3. The fourth-order valence-electron chi connectivity index (χ4n) is 2.75. The van der Waals surface area contributed by atoms with Gasteiger partial charge in [0.1, 0.15) is 0 Å². The molecule has 1 saturated carbocycles. The molecule has 2 N–H and O–H groups in total. The second-order valence-electron chi connectivity index (χ2n) is 5.19. The van der Waals surface area contributed by atoms with Crippen LogP contribution in [-0.2, 0) is 11.3 Å². The van der Waals surface area contributed by atoms with Gasteiger partial charge in [-0.15, -0.1) is 0 Å². The molecule has 1 aromatic carbocycles. The molecule has 0 spiro atoms. The zero-order valence-corrected chi connectivity index (χ0v) is 11.2. The Bertz CT molecular complexity index is 417. The van der Waals surface area contributed by atoms with Crippen LogP contribution in [0.5, 0.6) is 0 Å². The van der Waals surface area contributed by atoms with Gasteiger partial charge in [0.15, 0.2) is 0 Å². The van der Waals surface area contributed by atoms with E-state index in [0.29, 0.717) is 5.92 Å². The maximum atomic E-state index is 12.3. The molecule has 2 unspecified atom stereocenters. The summed E-state index contributed by atoms with van der Waals surface area (Å²) in [6, 6.07) is 7.99. The number of amides is 1. The highest BCUT2D eigenvalue weighted by Gasteiger charge is 2.29. The average Bonchev–Trinajstić information content (AvgIpc) is 2.78. The van der Waals surface area contributed by atoms with E-state index in [1.165, 1.54) is 12.8 Å². The molecule has 2 atom stereocenters. The van der Waals surface area contributed by atoms with Crippen LogP contribution in [0.1, 0.15) is 31.7 Å². The van der Waals surface area contributed by atoms with Gasteiger partial charge in [0.2, 0.25) is 5.91 Å². The molecule has 0 aliphatic heterocycles. The molecular weight excluding hydrogens is 224 g/mol. The molecule has 0 radical (unpaired) electrons. The summed E-state index contributed by atoms with van der Waals surface area (Å²) >= 11 is 0. The summed E-state index contributed by atoms with van der Waals surface area (Å²) in [7, 11) is 1.91. The van der Waals surface area contributed by atoms with E-state index in [2.05, 4.69) is 17.6 Å². The minimum atomic E-state index is 0.184. The Hall–Kier alpha value is -1.35. The van der Waals surface area contributed by atoms with Gasteiger partial charge in [0.25, 0.3) is 0 Å². The van der Waals surface area contributed by atoms with Crippen LogP contribution < -0.4 is 10.6 Å². The van der Waals surface area contributed by atoms with Crippen molar-refractivity contribution >= 4 is 11.6 Å². The summed E-state index contributed by atoms with van der Waals surface area (Å²) in [6.45, 7) is 2.95. The second-order valence-corrected chi connectivity index (χ2v) is 5.19. The lowest BCUT2D eigenvalue weighted by Gasteiger charge is -2.17. The highest BCUT2D eigenvalue weighted by atomic mass is 16.1. The molecule has 0 heterocycles. The van der Waals surface area contributed by atoms with E-state index in [9.17, 15) is 4.79 Å². The number of para-hydroxylation sites is 1. The predicted molar refractivity (Wildman–Crippen MR) is 74.3 cm³/mol. The second kappa shape index (κ2) is 6.01. The highest BCUT2D eigenvalue weighted by Crippen LogP contribution is 2.32. The van der Waals surface area contributed by atoms with E-state index in [1.807, 2.05) is 31.3 Å². The fraction of sp³-hybridized carbons (Fsp3) is 0.533. The molecular formula is C15H22N2O. The lowest BCUT2D eigenvalue weighted by Crippen LogP contribution is -2.25. The van der Waals surface area contributed by atoms with Crippen molar-refractivity contribution in [2.45, 2.75) is 32.7 Å². The van der Waals surface area contributed by atoms with Crippen LogP contribution >= 0.6 is 0 Å².